The molecule has 0 aliphatic heterocycles. The number of aliphatic hydroxyl groups excluding tert-OH is 1. The second kappa shape index (κ2) is 8.54. The average Bonchev–Trinajstić information content (AvgIpc) is 2.98. The number of hydrogen-bond acceptors (Lipinski definition) is 8. The standard InChI is InChI=1S/C25H33FO9S/c1-14-10-18-17-5-4-15-11-16(27)6-8-22(15,2)24(17,26)19(28)12-23(18,3)25(14,31)20(29)13-35-21(30)7-9-36(32,33)34/h6,8,11,14,17-19,28,31H,4-5,7,9-10,12-13H2,1-3H3,(H,32,33,34)/t14-,17+,18+,19+,22+,23+,24+,25+/m1/s1. The van der Waals surface area contributed by atoms with Gasteiger partial charge in [0.2, 0.25) is 5.78 Å². The summed E-state index contributed by atoms with van der Waals surface area (Å²) in [6.45, 7) is 4.20. The molecule has 9 nitrogen and oxygen atoms in total. The van der Waals surface area contributed by atoms with Crippen LogP contribution in [0.25, 0.3) is 0 Å². The molecule has 0 aromatic rings. The molecule has 0 bridgehead atoms. The molecule has 0 saturated heterocycles. The second-order valence-corrected chi connectivity index (χ2v) is 12.9. The first-order chi connectivity index (χ1) is 16.5. The van der Waals surface area contributed by atoms with Crippen LogP contribution < -0.4 is 0 Å². The van der Waals surface area contributed by atoms with Crippen LogP contribution in [0.1, 0.15) is 52.9 Å². The summed E-state index contributed by atoms with van der Waals surface area (Å²) in [5.41, 5.74) is -5.89. The molecule has 0 aromatic carbocycles. The minimum atomic E-state index is -4.39. The molecule has 0 aromatic heterocycles. The van der Waals surface area contributed by atoms with E-state index in [1.54, 1.807) is 20.8 Å². The van der Waals surface area contributed by atoms with Gasteiger partial charge >= 0.3 is 5.97 Å². The van der Waals surface area contributed by atoms with E-state index in [1.807, 2.05) is 0 Å². The summed E-state index contributed by atoms with van der Waals surface area (Å²) in [6, 6.07) is 0. The Morgan fingerprint density at radius 3 is 2.56 bits per heavy atom. The molecule has 4 aliphatic rings. The zero-order valence-corrected chi connectivity index (χ0v) is 21.4. The van der Waals surface area contributed by atoms with E-state index in [4.69, 9.17) is 9.29 Å². The molecule has 3 saturated carbocycles. The Morgan fingerprint density at radius 1 is 1.25 bits per heavy atom. The van der Waals surface area contributed by atoms with Crippen molar-refractivity contribution in [3.63, 3.8) is 0 Å². The quantitative estimate of drug-likeness (QED) is 0.345. The van der Waals surface area contributed by atoms with Crippen LogP contribution in [0.15, 0.2) is 23.8 Å². The van der Waals surface area contributed by atoms with Gasteiger partial charge in [-0.2, -0.15) is 8.42 Å². The first-order valence-corrected chi connectivity index (χ1v) is 13.8. The average molecular weight is 529 g/mol. The van der Waals surface area contributed by atoms with Crippen molar-refractivity contribution in [2.45, 2.75) is 70.2 Å². The smallest absolute Gasteiger partial charge is 0.307 e. The number of hydrogen-bond donors (Lipinski definition) is 3. The van der Waals surface area contributed by atoms with Gasteiger partial charge in [-0.15, -0.1) is 0 Å². The largest absolute Gasteiger partial charge is 0.458 e. The number of ketones is 2. The van der Waals surface area contributed by atoms with Gasteiger partial charge in [0.05, 0.1) is 18.3 Å². The summed E-state index contributed by atoms with van der Waals surface area (Å²) in [5, 5.41) is 23.1. The third-order valence-corrected chi connectivity index (χ3v) is 10.3. The number of rotatable bonds is 6. The molecule has 0 unspecified atom stereocenters. The van der Waals surface area contributed by atoms with Crippen molar-refractivity contribution in [1.82, 2.24) is 0 Å². The van der Waals surface area contributed by atoms with Gasteiger partial charge in [-0.1, -0.05) is 25.5 Å². The van der Waals surface area contributed by atoms with Crippen molar-refractivity contribution in [3.8, 4) is 0 Å². The maximum Gasteiger partial charge on any atom is 0.307 e. The monoisotopic (exact) mass is 528 g/mol. The Morgan fingerprint density at radius 2 is 1.92 bits per heavy atom. The zero-order valence-electron chi connectivity index (χ0n) is 20.6. The van der Waals surface area contributed by atoms with Crippen molar-refractivity contribution in [3.05, 3.63) is 23.8 Å². The molecule has 0 radical (unpaired) electrons. The molecule has 36 heavy (non-hydrogen) atoms. The van der Waals surface area contributed by atoms with E-state index in [1.165, 1.54) is 18.2 Å². The van der Waals surface area contributed by atoms with Gasteiger partial charge in [0.25, 0.3) is 10.1 Å². The number of carbonyl (C=O) groups excluding carboxylic acids is 3. The highest BCUT2D eigenvalue weighted by molar-refractivity contribution is 7.85. The van der Waals surface area contributed by atoms with Crippen molar-refractivity contribution >= 4 is 27.7 Å². The highest BCUT2D eigenvalue weighted by Crippen LogP contribution is 2.70. The number of carbonyl (C=O) groups is 3. The predicted octanol–water partition coefficient (Wildman–Crippen LogP) is 1.72. The van der Waals surface area contributed by atoms with Gasteiger partial charge in [0.1, 0.15) is 5.60 Å². The SMILES string of the molecule is C[C@@H]1C[C@H]2[C@@H]3CCC4=CC(=O)C=C[C@]4(C)[C@@]3(F)[C@@H](O)C[C@]2(C)[C@@]1(O)C(=O)COC(=O)CCS(=O)(=O)O. The van der Waals surface area contributed by atoms with E-state index < -0.39 is 86.6 Å². The molecule has 3 fully saturated rings. The number of aliphatic hydroxyl groups is 2. The molecule has 4 aliphatic carbocycles. The Hall–Kier alpha value is -1.95. The van der Waals surface area contributed by atoms with E-state index in [9.17, 15) is 33.0 Å². The Bertz CT molecular complexity index is 1160. The van der Waals surface area contributed by atoms with Crippen LogP contribution in [0.2, 0.25) is 0 Å². The number of fused-ring (bicyclic) bond motifs is 5. The number of Topliss-reactive ketones (excluding diaryl/α,β-unsaturated/α-hetero) is 1. The van der Waals surface area contributed by atoms with Crippen LogP contribution in [0.4, 0.5) is 4.39 Å². The molecule has 0 spiro atoms. The lowest BCUT2D eigenvalue weighted by molar-refractivity contribution is -0.220. The highest BCUT2D eigenvalue weighted by atomic mass is 32.2. The summed E-state index contributed by atoms with van der Waals surface area (Å²) < 4.78 is 52.5. The van der Waals surface area contributed by atoms with Gasteiger partial charge < -0.3 is 14.9 Å². The van der Waals surface area contributed by atoms with E-state index in [0.29, 0.717) is 24.8 Å². The summed E-state index contributed by atoms with van der Waals surface area (Å²) >= 11 is 0. The number of esters is 1. The van der Waals surface area contributed by atoms with Gasteiger partial charge in [-0.3, -0.25) is 18.9 Å². The Labute approximate surface area is 209 Å². The lowest BCUT2D eigenvalue weighted by Gasteiger charge is -2.62. The first kappa shape index (κ1) is 27.1. The Kier molecular flexibility index (Phi) is 6.43. The molecule has 3 N–H and O–H groups in total. The summed E-state index contributed by atoms with van der Waals surface area (Å²) in [7, 11) is -4.39. The van der Waals surface area contributed by atoms with E-state index >= 15 is 4.39 Å². The molecule has 0 amide bonds. The number of halogens is 1. The van der Waals surface area contributed by atoms with Gasteiger partial charge in [-0.25, -0.2) is 4.39 Å². The van der Waals surface area contributed by atoms with Gasteiger partial charge in [0, 0.05) is 16.7 Å². The van der Waals surface area contributed by atoms with Crippen molar-refractivity contribution < 1.29 is 46.7 Å². The van der Waals surface area contributed by atoms with Gasteiger partial charge in [0.15, 0.2) is 18.1 Å². The molecule has 200 valence electrons. The molecular formula is C25H33FO9S. The maximum atomic E-state index is 17.1. The zero-order chi connectivity index (χ0) is 26.9. The number of alkyl halides is 1. The van der Waals surface area contributed by atoms with Crippen LogP contribution in [-0.4, -0.2) is 70.5 Å². The third-order valence-electron chi connectivity index (χ3n) is 9.58. The van der Waals surface area contributed by atoms with Crippen molar-refractivity contribution in [2.75, 3.05) is 12.4 Å². The van der Waals surface area contributed by atoms with Crippen LogP contribution in [-0.2, 0) is 29.2 Å². The van der Waals surface area contributed by atoms with Crippen LogP contribution in [0.5, 0.6) is 0 Å². The van der Waals surface area contributed by atoms with Crippen molar-refractivity contribution in [2.24, 2.45) is 28.6 Å². The number of ether oxygens (including phenoxy) is 1. The first-order valence-electron chi connectivity index (χ1n) is 12.2. The normalized spacial score (nSPS) is 43.8. The molecule has 0 heterocycles. The lowest BCUT2D eigenvalue weighted by atomic mass is 9.44. The fraction of sp³-hybridized carbons (Fsp3) is 0.720. The van der Waals surface area contributed by atoms with Gasteiger partial charge in [-0.05, 0) is 56.6 Å². The minimum Gasteiger partial charge on any atom is -0.458 e. The van der Waals surface area contributed by atoms with E-state index in [-0.39, 0.29) is 12.2 Å². The highest BCUT2D eigenvalue weighted by Gasteiger charge is 2.75. The van der Waals surface area contributed by atoms with Crippen molar-refractivity contribution in [1.29, 1.82) is 0 Å². The fourth-order valence-electron chi connectivity index (χ4n) is 7.68. The fourth-order valence-corrected chi connectivity index (χ4v) is 8.11. The van der Waals surface area contributed by atoms with Crippen LogP contribution in [0.3, 0.4) is 0 Å². The second-order valence-electron chi connectivity index (χ2n) is 11.3. The van der Waals surface area contributed by atoms with E-state index in [0.717, 1.165) is 0 Å². The molecule has 11 heteroatoms. The summed E-state index contributed by atoms with van der Waals surface area (Å²) in [4.78, 5) is 37.1. The third kappa shape index (κ3) is 3.73. The lowest BCUT2D eigenvalue weighted by Crippen LogP contribution is -2.69. The number of allylic oxidation sites excluding steroid dienone is 4. The summed E-state index contributed by atoms with van der Waals surface area (Å²) in [5.74, 6) is -4.68. The molecular weight excluding hydrogens is 495 g/mol. The van der Waals surface area contributed by atoms with Crippen LogP contribution in [0, 0.1) is 28.6 Å². The molecule has 8 atom stereocenters. The Balaban J connectivity index is 1.61. The molecule has 4 rings (SSSR count). The minimum absolute atomic E-state index is 0.210. The predicted molar refractivity (Wildman–Crippen MR) is 125 cm³/mol. The summed E-state index contributed by atoms with van der Waals surface area (Å²) in [6.07, 6.45) is 3.01. The van der Waals surface area contributed by atoms with Crippen LogP contribution >= 0.6 is 0 Å². The van der Waals surface area contributed by atoms with E-state index in [2.05, 4.69) is 0 Å². The maximum absolute atomic E-state index is 17.1. The topological polar surface area (TPSA) is 155 Å².